The molecule has 0 aromatic carbocycles. The Kier molecular flexibility index (Phi) is 4.16. The van der Waals surface area contributed by atoms with Gasteiger partial charge in [-0.2, -0.15) is 10.5 Å². The van der Waals surface area contributed by atoms with Gasteiger partial charge in [0.05, 0.1) is 23.7 Å². The van der Waals surface area contributed by atoms with Gasteiger partial charge in [0.1, 0.15) is 11.8 Å². The summed E-state index contributed by atoms with van der Waals surface area (Å²) in [6, 6.07) is 4.56. The lowest BCUT2D eigenvalue weighted by Crippen LogP contribution is -2.03. The van der Waals surface area contributed by atoms with Crippen molar-refractivity contribution >= 4 is 11.6 Å². The maximum absolute atomic E-state index is 12.5. The van der Waals surface area contributed by atoms with Gasteiger partial charge in [0, 0.05) is 5.88 Å². The van der Waals surface area contributed by atoms with Crippen molar-refractivity contribution in [3.8, 4) is 12.1 Å². The molecule has 0 bridgehead atoms. The zero-order chi connectivity index (χ0) is 12.1. The topological polar surface area (TPSA) is 60.5 Å². The molecule has 0 aliphatic heterocycles. The van der Waals surface area contributed by atoms with Crippen LogP contribution >= 0.6 is 11.6 Å². The molecular formula is C10H6ClF2N3. The largest absolute Gasteiger partial charge is 0.266 e. The minimum absolute atomic E-state index is 0.0184. The molecule has 3 nitrogen and oxygen atoms in total. The van der Waals surface area contributed by atoms with Crippen LogP contribution in [0.5, 0.6) is 0 Å². The van der Waals surface area contributed by atoms with Gasteiger partial charge in [0.25, 0.3) is 6.43 Å². The highest BCUT2D eigenvalue weighted by Crippen LogP contribution is 2.25. The number of hydrogen-bond donors (Lipinski definition) is 0. The van der Waals surface area contributed by atoms with Gasteiger partial charge in [0.15, 0.2) is 0 Å². The van der Waals surface area contributed by atoms with Crippen molar-refractivity contribution in [2.24, 2.45) is 0 Å². The van der Waals surface area contributed by atoms with Crippen molar-refractivity contribution in [2.75, 3.05) is 0 Å². The average Bonchev–Trinajstić information content (AvgIpc) is 2.28. The minimum Gasteiger partial charge on any atom is -0.240 e. The quantitative estimate of drug-likeness (QED) is 0.765. The van der Waals surface area contributed by atoms with Gasteiger partial charge in [0.2, 0.25) is 0 Å². The van der Waals surface area contributed by atoms with E-state index in [4.69, 9.17) is 22.1 Å². The molecular weight excluding hydrogens is 236 g/mol. The fraction of sp³-hybridized carbons (Fsp3) is 0.300. The number of hydrogen-bond acceptors (Lipinski definition) is 3. The number of aromatic nitrogens is 1. The van der Waals surface area contributed by atoms with Crippen LogP contribution in [-0.4, -0.2) is 4.98 Å². The van der Waals surface area contributed by atoms with E-state index in [0.29, 0.717) is 5.56 Å². The van der Waals surface area contributed by atoms with Gasteiger partial charge in [-0.3, -0.25) is 0 Å². The molecule has 1 rings (SSSR count). The summed E-state index contributed by atoms with van der Waals surface area (Å²) in [5.74, 6) is -0.0184. The van der Waals surface area contributed by atoms with Crippen molar-refractivity contribution in [1.82, 2.24) is 4.98 Å². The molecule has 0 saturated carbocycles. The molecule has 1 aromatic rings. The first kappa shape index (κ1) is 12.4. The van der Waals surface area contributed by atoms with Gasteiger partial charge >= 0.3 is 0 Å². The molecule has 1 aromatic heterocycles. The summed E-state index contributed by atoms with van der Waals surface area (Å²) in [6.07, 6.45) is -2.83. The Morgan fingerprint density at radius 2 is 2.12 bits per heavy atom. The fourth-order valence-corrected chi connectivity index (χ4v) is 1.44. The first-order valence-corrected chi connectivity index (χ1v) is 4.81. The number of pyridine rings is 1. The fourth-order valence-electron chi connectivity index (χ4n) is 1.21. The Balaban J connectivity index is 3.36. The van der Waals surface area contributed by atoms with E-state index < -0.39 is 12.0 Å². The Morgan fingerprint density at radius 3 is 2.56 bits per heavy atom. The summed E-state index contributed by atoms with van der Waals surface area (Å²) < 4.78 is 25.1. The van der Waals surface area contributed by atoms with Crippen molar-refractivity contribution in [3.63, 3.8) is 0 Å². The molecule has 0 atom stereocenters. The predicted octanol–water partition coefficient (Wildman–Crippen LogP) is 2.70. The second-order valence-corrected chi connectivity index (χ2v) is 3.18. The average molecular weight is 242 g/mol. The van der Waals surface area contributed by atoms with Crippen LogP contribution in [0.4, 0.5) is 8.78 Å². The zero-order valence-corrected chi connectivity index (χ0v) is 8.80. The summed E-state index contributed by atoms with van der Waals surface area (Å²) in [7, 11) is 0. The number of alkyl halides is 3. The van der Waals surface area contributed by atoms with Crippen LogP contribution in [0, 0.1) is 22.7 Å². The molecule has 0 fully saturated rings. The maximum Gasteiger partial charge on any atom is 0.266 e. The van der Waals surface area contributed by atoms with Crippen molar-refractivity contribution in [1.29, 1.82) is 10.5 Å². The molecule has 0 spiro atoms. The standard InChI is InChI=1S/C10H6ClF2N3/c11-4-6-3-7(10(12)13)9(5-15)16-8(6)1-2-14/h3,10H,1,4H2. The second kappa shape index (κ2) is 5.39. The van der Waals surface area contributed by atoms with Crippen LogP contribution in [0.2, 0.25) is 0 Å². The Hall–Kier alpha value is -1.72. The van der Waals surface area contributed by atoms with Gasteiger partial charge in [-0.05, 0) is 11.6 Å². The van der Waals surface area contributed by atoms with Gasteiger partial charge < -0.3 is 0 Å². The van der Waals surface area contributed by atoms with Crippen LogP contribution in [0.15, 0.2) is 6.07 Å². The van der Waals surface area contributed by atoms with Crippen LogP contribution < -0.4 is 0 Å². The van der Waals surface area contributed by atoms with E-state index in [9.17, 15) is 8.78 Å². The van der Waals surface area contributed by atoms with E-state index in [-0.39, 0.29) is 23.7 Å². The summed E-state index contributed by atoms with van der Waals surface area (Å²) in [5, 5.41) is 17.2. The Morgan fingerprint density at radius 1 is 1.44 bits per heavy atom. The second-order valence-electron chi connectivity index (χ2n) is 2.91. The maximum atomic E-state index is 12.5. The lowest BCUT2D eigenvalue weighted by atomic mass is 10.1. The highest BCUT2D eigenvalue weighted by atomic mass is 35.5. The molecule has 6 heteroatoms. The number of rotatable bonds is 3. The smallest absolute Gasteiger partial charge is 0.240 e. The van der Waals surface area contributed by atoms with Gasteiger partial charge in [-0.1, -0.05) is 0 Å². The molecule has 0 radical (unpaired) electrons. The molecule has 0 unspecified atom stereocenters. The third-order valence-electron chi connectivity index (χ3n) is 1.95. The first-order valence-electron chi connectivity index (χ1n) is 4.27. The summed E-state index contributed by atoms with van der Waals surface area (Å²) >= 11 is 5.56. The lowest BCUT2D eigenvalue weighted by molar-refractivity contribution is 0.150. The van der Waals surface area contributed by atoms with Gasteiger partial charge in [-0.15, -0.1) is 11.6 Å². The molecule has 0 aliphatic rings. The van der Waals surface area contributed by atoms with E-state index >= 15 is 0 Å². The number of nitrogens with zero attached hydrogens (tertiary/aromatic N) is 3. The monoisotopic (exact) mass is 241 g/mol. The lowest BCUT2D eigenvalue weighted by Gasteiger charge is -2.08. The molecule has 0 amide bonds. The molecule has 0 saturated heterocycles. The molecule has 82 valence electrons. The molecule has 0 N–H and O–H groups in total. The zero-order valence-electron chi connectivity index (χ0n) is 8.04. The van der Waals surface area contributed by atoms with Crippen LogP contribution in [0.3, 0.4) is 0 Å². The summed E-state index contributed by atoms with van der Waals surface area (Å²) in [4.78, 5) is 3.72. The summed E-state index contributed by atoms with van der Waals surface area (Å²) in [6.45, 7) is 0. The van der Waals surface area contributed by atoms with E-state index in [0.717, 1.165) is 6.07 Å². The van der Waals surface area contributed by atoms with Crippen molar-refractivity contribution < 1.29 is 8.78 Å². The molecule has 16 heavy (non-hydrogen) atoms. The Bertz CT molecular complexity index is 474. The first-order chi connectivity index (χ1) is 7.63. The highest BCUT2D eigenvalue weighted by molar-refractivity contribution is 6.17. The van der Waals surface area contributed by atoms with Crippen molar-refractivity contribution in [3.05, 3.63) is 28.6 Å². The minimum atomic E-state index is -2.78. The predicted molar refractivity (Wildman–Crippen MR) is 52.8 cm³/mol. The Labute approximate surface area is 95.9 Å². The van der Waals surface area contributed by atoms with Crippen LogP contribution in [0.25, 0.3) is 0 Å². The normalized spacial score (nSPS) is 9.88. The van der Waals surface area contributed by atoms with E-state index in [1.54, 1.807) is 6.07 Å². The SMILES string of the molecule is N#CCc1nc(C#N)c(C(F)F)cc1CCl. The van der Waals surface area contributed by atoms with Crippen LogP contribution in [0.1, 0.15) is 28.9 Å². The highest BCUT2D eigenvalue weighted by Gasteiger charge is 2.17. The molecule has 1 heterocycles. The third-order valence-corrected chi connectivity index (χ3v) is 2.24. The van der Waals surface area contributed by atoms with E-state index in [1.165, 1.54) is 0 Å². The number of nitriles is 2. The summed E-state index contributed by atoms with van der Waals surface area (Å²) in [5.41, 5.74) is -0.162. The van der Waals surface area contributed by atoms with E-state index in [2.05, 4.69) is 4.98 Å². The van der Waals surface area contributed by atoms with Crippen molar-refractivity contribution in [2.45, 2.75) is 18.7 Å². The van der Waals surface area contributed by atoms with Crippen LogP contribution in [-0.2, 0) is 12.3 Å². The molecule has 0 aliphatic carbocycles. The number of halogens is 3. The third kappa shape index (κ3) is 2.44. The van der Waals surface area contributed by atoms with Gasteiger partial charge in [-0.25, -0.2) is 13.8 Å². The van der Waals surface area contributed by atoms with E-state index in [1.807, 2.05) is 6.07 Å².